The highest BCUT2D eigenvalue weighted by molar-refractivity contribution is 7.83. The predicted octanol–water partition coefficient (Wildman–Crippen LogP) is 5.37. The minimum absolute atomic E-state index is 0.0827. The average molecular weight is 641 g/mol. The van der Waals surface area contributed by atoms with Crippen LogP contribution in [0.5, 0.6) is 0 Å². The number of hydrogen-bond acceptors (Lipinski definition) is 6. The summed E-state index contributed by atoms with van der Waals surface area (Å²) in [7, 11) is -2.96. The molecule has 2 aromatic carbocycles. The molecule has 232 valence electrons. The summed E-state index contributed by atoms with van der Waals surface area (Å²) in [6, 6.07) is 7.74. The predicted molar refractivity (Wildman–Crippen MR) is 146 cm³/mol. The fourth-order valence-electron chi connectivity index (χ4n) is 4.34. The number of benzene rings is 2. The van der Waals surface area contributed by atoms with Crippen molar-refractivity contribution >= 4 is 34.4 Å². The van der Waals surface area contributed by atoms with E-state index in [-0.39, 0.29) is 16.8 Å². The first kappa shape index (κ1) is 33.6. The SMILES string of the molecule is C=C/C=C(\O)C(=O)C1=C(C)N(c2cccc(C(F)(F)F)c2)C(=O)N(CC(=O)NS(=O)CC(F)(F)F)C1c1ccc(C#N)cc1. The van der Waals surface area contributed by atoms with Gasteiger partial charge in [0.25, 0.3) is 5.91 Å². The molecule has 44 heavy (non-hydrogen) atoms. The molecule has 3 amide bonds. The van der Waals surface area contributed by atoms with Crippen LogP contribution < -0.4 is 9.62 Å². The number of hydrogen-bond donors (Lipinski definition) is 2. The molecule has 1 heterocycles. The quantitative estimate of drug-likeness (QED) is 0.164. The van der Waals surface area contributed by atoms with Crippen molar-refractivity contribution < 1.29 is 50.0 Å². The molecule has 0 fully saturated rings. The van der Waals surface area contributed by atoms with Crippen molar-refractivity contribution in [2.24, 2.45) is 0 Å². The Morgan fingerprint density at radius 3 is 2.32 bits per heavy atom. The number of urea groups is 1. The van der Waals surface area contributed by atoms with Gasteiger partial charge in [-0.3, -0.25) is 19.2 Å². The minimum Gasteiger partial charge on any atom is -0.504 e. The van der Waals surface area contributed by atoms with Crippen molar-refractivity contribution in [3.8, 4) is 6.07 Å². The van der Waals surface area contributed by atoms with Crippen LogP contribution >= 0.6 is 0 Å². The highest BCUT2D eigenvalue weighted by Crippen LogP contribution is 2.41. The van der Waals surface area contributed by atoms with E-state index >= 15 is 0 Å². The van der Waals surface area contributed by atoms with E-state index in [1.807, 2.05) is 6.07 Å². The van der Waals surface area contributed by atoms with Gasteiger partial charge in [-0.15, -0.1) is 0 Å². The van der Waals surface area contributed by atoms with Gasteiger partial charge in [0.05, 0.1) is 34.5 Å². The molecule has 0 aliphatic carbocycles. The number of anilines is 1. The summed E-state index contributed by atoms with van der Waals surface area (Å²) >= 11 is 0. The third-order valence-corrected chi connectivity index (χ3v) is 7.17. The van der Waals surface area contributed by atoms with Crippen molar-refractivity contribution in [3.63, 3.8) is 0 Å². The summed E-state index contributed by atoms with van der Waals surface area (Å²) in [5.74, 6) is -5.31. The number of halogens is 6. The maximum atomic E-state index is 14.0. The number of nitrogens with zero attached hydrogens (tertiary/aromatic N) is 3. The van der Waals surface area contributed by atoms with E-state index in [2.05, 4.69) is 6.58 Å². The average Bonchev–Trinajstić information content (AvgIpc) is 2.93. The number of allylic oxidation sites excluding steroid dienone is 4. The third-order valence-electron chi connectivity index (χ3n) is 6.12. The van der Waals surface area contributed by atoms with E-state index in [1.54, 1.807) is 4.72 Å². The van der Waals surface area contributed by atoms with Crippen LogP contribution in [0.15, 0.2) is 84.3 Å². The Hall–Kier alpha value is -4.91. The summed E-state index contributed by atoms with van der Waals surface area (Å²) in [5, 5.41) is 19.7. The van der Waals surface area contributed by atoms with E-state index in [1.165, 1.54) is 31.2 Å². The smallest absolute Gasteiger partial charge is 0.416 e. The summed E-state index contributed by atoms with van der Waals surface area (Å²) in [6.07, 6.45) is -7.80. The van der Waals surface area contributed by atoms with Crippen LogP contribution in [0, 0.1) is 11.3 Å². The lowest BCUT2D eigenvalue weighted by molar-refractivity contribution is -0.137. The zero-order chi connectivity index (χ0) is 33.0. The van der Waals surface area contributed by atoms with Gasteiger partial charge in [-0.1, -0.05) is 30.9 Å². The van der Waals surface area contributed by atoms with E-state index < -0.39 is 82.0 Å². The summed E-state index contributed by atoms with van der Waals surface area (Å²) in [5.41, 5.74) is -2.00. The number of amides is 3. The van der Waals surface area contributed by atoms with Gasteiger partial charge < -0.3 is 10.0 Å². The molecule has 1 aliphatic heterocycles. The van der Waals surface area contributed by atoms with Gasteiger partial charge in [-0.2, -0.15) is 31.6 Å². The van der Waals surface area contributed by atoms with Crippen LogP contribution in [-0.2, 0) is 26.8 Å². The Morgan fingerprint density at radius 2 is 1.77 bits per heavy atom. The van der Waals surface area contributed by atoms with E-state index in [4.69, 9.17) is 0 Å². The number of nitrogens with one attached hydrogen (secondary N) is 1. The van der Waals surface area contributed by atoms with Gasteiger partial charge in [-0.05, 0) is 48.9 Å². The van der Waals surface area contributed by atoms with Crippen molar-refractivity contribution in [3.05, 3.63) is 101 Å². The number of nitriles is 1. The molecule has 2 aromatic rings. The number of aliphatic hydroxyl groups excluding tert-OH is 1. The lowest BCUT2D eigenvalue weighted by Gasteiger charge is -2.43. The van der Waals surface area contributed by atoms with Crippen LogP contribution in [0.1, 0.15) is 29.7 Å². The highest BCUT2D eigenvalue weighted by atomic mass is 32.2. The molecule has 2 atom stereocenters. The maximum absolute atomic E-state index is 14.0. The number of Topliss-reactive ketones (excluding diaryl/α,β-unsaturated/α-hetero) is 1. The largest absolute Gasteiger partial charge is 0.504 e. The Kier molecular flexibility index (Phi) is 10.1. The van der Waals surface area contributed by atoms with Crippen LogP contribution in [0.3, 0.4) is 0 Å². The van der Waals surface area contributed by atoms with Crippen molar-refractivity contribution in [1.82, 2.24) is 9.62 Å². The summed E-state index contributed by atoms with van der Waals surface area (Å²) < 4.78 is 92.3. The molecular weight excluding hydrogens is 618 g/mol. The number of carbonyl (C=O) groups excluding carboxylic acids is 3. The Morgan fingerprint density at radius 1 is 1.14 bits per heavy atom. The first-order valence-corrected chi connectivity index (χ1v) is 13.6. The highest BCUT2D eigenvalue weighted by Gasteiger charge is 2.44. The van der Waals surface area contributed by atoms with E-state index in [0.29, 0.717) is 15.9 Å². The fraction of sp³-hybridized carbons (Fsp3) is 0.214. The van der Waals surface area contributed by atoms with Crippen LogP contribution in [0.25, 0.3) is 0 Å². The molecule has 0 radical (unpaired) electrons. The summed E-state index contributed by atoms with van der Waals surface area (Å²) in [6.45, 7) is 3.46. The molecule has 3 rings (SSSR count). The van der Waals surface area contributed by atoms with Crippen LogP contribution in [0.2, 0.25) is 0 Å². The zero-order valence-electron chi connectivity index (χ0n) is 22.6. The number of aliphatic hydroxyl groups is 1. The molecule has 0 saturated carbocycles. The topological polar surface area (TPSA) is 131 Å². The standard InChI is InChI=1S/C28H22F6N4O5S/c1-3-5-21(39)25(41)23-16(2)38(20-7-4-6-19(12-20)28(32,33)34)26(42)37(14-22(40)36-44(43)15-27(29,30)31)24(23)18-10-8-17(13-35)9-11-18/h3-12,24,39H,1,14-15H2,2H3,(H,36,40)/b21-5-. The van der Waals surface area contributed by atoms with Crippen molar-refractivity contribution in [2.75, 3.05) is 17.2 Å². The number of ketones is 1. The van der Waals surface area contributed by atoms with Gasteiger partial charge >= 0.3 is 18.4 Å². The lowest BCUT2D eigenvalue weighted by Crippen LogP contribution is -2.54. The van der Waals surface area contributed by atoms with E-state index in [0.717, 1.165) is 30.4 Å². The molecule has 9 nitrogen and oxygen atoms in total. The second kappa shape index (κ2) is 13.2. The molecular formula is C28H22F6N4O5S. The van der Waals surface area contributed by atoms with Gasteiger partial charge in [0.15, 0.2) is 5.76 Å². The molecule has 0 saturated heterocycles. The number of rotatable bonds is 9. The number of alkyl halides is 6. The second-order valence-electron chi connectivity index (χ2n) is 9.18. The van der Waals surface area contributed by atoms with Gasteiger partial charge in [0.1, 0.15) is 23.3 Å². The Labute approximate surface area is 248 Å². The zero-order valence-corrected chi connectivity index (χ0v) is 23.4. The first-order valence-electron chi connectivity index (χ1n) is 12.3. The first-order chi connectivity index (χ1) is 20.5. The van der Waals surface area contributed by atoms with E-state index in [9.17, 15) is 55.3 Å². The third kappa shape index (κ3) is 7.72. The molecule has 1 aliphatic rings. The Bertz CT molecular complexity index is 1610. The second-order valence-corrected chi connectivity index (χ2v) is 10.4. The van der Waals surface area contributed by atoms with Crippen molar-refractivity contribution in [2.45, 2.75) is 25.3 Å². The fourth-order valence-corrected chi connectivity index (χ4v) is 5.03. The summed E-state index contributed by atoms with van der Waals surface area (Å²) in [4.78, 5) is 41.7. The Balaban J connectivity index is 2.28. The van der Waals surface area contributed by atoms with Gasteiger partial charge in [0, 0.05) is 5.70 Å². The molecule has 0 spiro atoms. The lowest BCUT2D eigenvalue weighted by atomic mass is 9.88. The van der Waals surface area contributed by atoms with Crippen LogP contribution in [0.4, 0.5) is 36.8 Å². The molecule has 0 aromatic heterocycles. The minimum atomic E-state index is -4.92. The molecule has 0 bridgehead atoms. The molecule has 2 unspecified atom stereocenters. The maximum Gasteiger partial charge on any atom is 0.416 e. The molecule has 2 N–H and O–H groups in total. The van der Waals surface area contributed by atoms with Crippen LogP contribution in [-0.4, -0.2) is 50.4 Å². The normalized spacial score (nSPS) is 16.8. The monoisotopic (exact) mass is 640 g/mol. The van der Waals surface area contributed by atoms with Gasteiger partial charge in [-0.25, -0.2) is 9.00 Å². The number of carbonyl (C=O) groups is 3. The molecule has 16 heteroatoms. The van der Waals surface area contributed by atoms with Crippen molar-refractivity contribution in [1.29, 1.82) is 5.26 Å². The van der Waals surface area contributed by atoms with Gasteiger partial charge in [0.2, 0.25) is 5.78 Å².